The molecule has 116 valence electrons. The summed E-state index contributed by atoms with van der Waals surface area (Å²) in [6, 6.07) is 0.570. The summed E-state index contributed by atoms with van der Waals surface area (Å²) in [4.78, 5) is 15.1. The molecule has 2 unspecified atom stereocenters. The van der Waals surface area contributed by atoms with Crippen LogP contribution < -0.4 is 5.32 Å². The molecule has 20 heavy (non-hydrogen) atoms. The summed E-state index contributed by atoms with van der Waals surface area (Å²) < 4.78 is 0. The van der Waals surface area contributed by atoms with Gasteiger partial charge < -0.3 is 10.2 Å². The number of nitrogens with one attached hydrogen (secondary N) is 1. The highest BCUT2D eigenvalue weighted by Gasteiger charge is 2.36. The number of amides is 1. The van der Waals surface area contributed by atoms with Crippen molar-refractivity contribution < 1.29 is 4.79 Å². The van der Waals surface area contributed by atoms with Crippen LogP contribution in [-0.2, 0) is 4.79 Å². The summed E-state index contributed by atoms with van der Waals surface area (Å²) in [5, 5.41) is 3.48. The standard InChI is InChI=1S/C17H32N2O/c1-3-5-8-15(4-2)17(20)19(16-9-10-16)13-14-7-6-11-18-12-14/h14-16,18H,3-13H2,1-2H3. The van der Waals surface area contributed by atoms with Crippen LogP contribution >= 0.6 is 0 Å². The van der Waals surface area contributed by atoms with Gasteiger partial charge in [-0.15, -0.1) is 0 Å². The van der Waals surface area contributed by atoms with E-state index in [4.69, 9.17) is 0 Å². The number of nitrogens with zero attached hydrogens (tertiary/aromatic N) is 1. The van der Waals surface area contributed by atoms with Gasteiger partial charge in [0.2, 0.25) is 5.91 Å². The highest BCUT2D eigenvalue weighted by atomic mass is 16.2. The van der Waals surface area contributed by atoms with Crippen molar-refractivity contribution in [3.8, 4) is 0 Å². The summed E-state index contributed by atoms with van der Waals surface area (Å²) in [5.74, 6) is 1.40. The van der Waals surface area contributed by atoms with E-state index >= 15 is 0 Å². The SMILES string of the molecule is CCCCC(CC)C(=O)N(CC1CCCNC1)C1CC1. The van der Waals surface area contributed by atoms with Crippen LogP contribution in [0.4, 0.5) is 0 Å². The minimum atomic E-state index is 0.270. The quantitative estimate of drug-likeness (QED) is 0.740. The van der Waals surface area contributed by atoms with E-state index in [9.17, 15) is 4.79 Å². The van der Waals surface area contributed by atoms with Gasteiger partial charge in [-0.25, -0.2) is 0 Å². The second-order valence-corrected chi connectivity index (χ2v) is 6.68. The van der Waals surface area contributed by atoms with Gasteiger partial charge in [0.15, 0.2) is 0 Å². The van der Waals surface area contributed by atoms with Gasteiger partial charge >= 0.3 is 0 Å². The first-order valence-electron chi connectivity index (χ1n) is 8.77. The zero-order valence-corrected chi connectivity index (χ0v) is 13.4. The topological polar surface area (TPSA) is 32.3 Å². The van der Waals surface area contributed by atoms with Gasteiger partial charge in [0, 0.05) is 18.5 Å². The molecule has 0 spiro atoms. The molecule has 0 radical (unpaired) electrons. The summed E-state index contributed by atoms with van der Waals surface area (Å²) >= 11 is 0. The van der Waals surface area contributed by atoms with Crippen molar-refractivity contribution in [2.75, 3.05) is 19.6 Å². The average molecular weight is 280 g/mol. The van der Waals surface area contributed by atoms with Crippen molar-refractivity contribution in [1.29, 1.82) is 0 Å². The van der Waals surface area contributed by atoms with Crippen LogP contribution in [0.3, 0.4) is 0 Å². The number of hydrogen-bond donors (Lipinski definition) is 1. The number of carbonyl (C=O) groups is 1. The molecule has 1 saturated heterocycles. The van der Waals surface area contributed by atoms with Crippen molar-refractivity contribution in [1.82, 2.24) is 10.2 Å². The maximum atomic E-state index is 12.8. The minimum Gasteiger partial charge on any atom is -0.339 e. The van der Waals surface area contributed by atoms with Crippen LogP contribution in [0.15, 0.2) is 0 Å². The number of piperidine rings is 1. The second-order valence-electron chi connectivity index (χ2n) is 6.68. The molecule has 0 aromatic heterocycles. The number of unbranched alkanes of at least 4 members (excludes halogenated alkanes) is 1. The first-order valence-corrected chi connectivity index (χ1v) is 8.77. The zero-order chi connectivity index (χ0) is 14.4. The van der Waals surface area contributed by atoms with Gasteiger partial charge in [0.1, 0.15) is 0 Å². The van der Waals surface area contributed by atoms with Crippen LogP contribution in [0.5, 0.6) is 0 Å². The summed E-state index contributed by atoms with van der Waals surface area (Å²) in [6.07, 6.45) is 9.49. The molecule has 1 heterocycles. The van der Waals surface area contributed by atoms with E-state index in [1.54, 1.807) is 0 Å². The first-order chi connectivity index (χ1) is 9.76. The van der Waals surface area contributed by atoms with Crippen LogP contribution in [0, 0.1) is 11.8 Å². The number of hydrogen-bond acceptors (Lipinski definition) is 2. The van der Waals surface area contributed by atoms with E-state index in [1.165, 1.54) is 38.5 Å². The van der Waals surface area contributed by atoms with Gasteiger partial charge in [-0.3, -0.25) is 4.79 Å². The third kappa shape index (κ3) is 4.47. The van der Waals surface area contributed by atoms with E-state index in [0.717, 1.165) is 32.5 Å². The van der Waals surface area contributed by atoms with Gasteiger partial charge in [-0.05, 0) is 57.5 Å². The zero-order valence-electron chi connectivity index (χ0n) is 13.4. The minimum absolute atomic E-state index is 0.270. The van der Waals surface area contributed by atoms with Crippen molar-refractivity contribution >= 4 is 5.91 Å². The van der Waals surface area contributed by atoms with Crippen LogP contribution in [0.1, 0.15) is 65.2 Å². The Morgan fingerprint density at radius 3 is 2.65 bits per heavy atom. The van der Waals surface area contributed by atoms with Crippen LogP contribution in [0.2, 0.25) is 0 Å². The van der Waals surface area contributed by atoms with Gasteiger partial charge in [0.25, 0.3) is 0 Å². The monoisotopic (exact) mass is 280 g/mol. The van der Waals surface area contributed by atoms with E-state index in [-0.39, 0.29) is 5.92 Å². The molecule has 1 aliphatic heterocycles. The fourth-order valence-electron chi connectivity index (χ4n) is 3.35. The van der Waals surface area contributed by atoms with Gasteiger partial charge in [0.05, 0.1) is 0 Å². The normalized spacial score (nSPS) is 24.4. The van der Waals surface area contributed by atoms with Gasteiger partial charge in [-0.2, -0.15) is 0 Å². The fourth-order valence-corrected chi connectivity index (χ4v) is 3.35. The van der Waals surface area contributed by atoms with Crippen molar-refractivity contribution in [2.45, 2.75) is 71.3 Å². The molecule has 0 aromatic carbocycles. The number of carbonyl (C=O) groups excluding carboxylic acids is 1. The largest absolute Gasteiger partial charge is 0.339 e. The Hall–Kier alpha value is -0.570. The van der Waals surface area contributed by atoms with E-state index < -0.39 is 0 Å². The lowest BCUT2D eigenvalue weighted by molar-refractivity contribution is -0.137. The molecule has 2 atom stereocenters. The smallest absolute Gasteiger partial charge is 0.225 e. The van der Waals surface area contributed by atoms with E-state index in [1.807, 2.05) is 0 Å². The van der Waals surface area contributed by atoms with Crippen molar-refractivity contribution in [3.63, 3.8) is 0 Å². The molecule has 0 bridgehead atoms. The summed E-state index contributed by atoms with van der Waals surface area (Å²) in [7, 11) is 0. The Kier molecular flexibility index (Phi) is 6.34. The summed E-state index contributed by atoms with van der Waals surface area (Å²) in [6.45, 7) is 7.64. The molecule has 0 aromatic rings. The fraction of sp³-hybridized carbons (Fsp3) is 0.941. The molecular formula is C17H32N2O. The molecule has 1 N–H and O–H groups in total. The Balaban J connectivity index is 1.90. The highest BCUT2D eigenvalue weighted by Crippen LogP contribution is 2.31. The molecule has 2 aliphatic rings. The van der Waals surface area contributed by atoms with Crippen LogP contribution in [-0.4, -0.2) is 36.5 Å². The molecule has 3 heteroatoms. The Morgan fingerprint density at radius 2 is 2.10 bits per heavy atom. The number of rotatable bonds is 8. The lowest BCUT2D eigenvalue weighted by Crippen LogP contribution is -2.44. The Morgan fingerprint density at radius 1 is 1.30 bits per heavy atom. The molecule has 2 fully saturated rings. The van der Waals surface area contributed by atoms with E-state index in [2.05, 4.69) is 24.1 Å². The molecule has 1 saturated carbocycles. The Bertz CT molecular complexity index is 295. The lowest BCUT2D eigenvalue weighted by atomic mass is 9.95. The van der Waals surface area contributed by atoms with Gasteiger partial charge in [-0.1, -0.05) is 26.7 Å². The third-order valence-corrected chi connectivity index (χ3v) is 4.87. The third-order valence-electron chi connectivity index (χ3n) is 4.87. The lowest BCUT2D eigenvalue weighted by Gasteiger charge is -2.32. The Labute approximate surface area is 124 Å². The summed E-state index contributed by atoms with van der Waals surface area (Å²) in [5.41, 5.74) is 0. The predicted molar refractivity (Wildman–Crippen MR) is 83.6 cm³/mol. The molecular weight excluding hydrogens is 248 g/mol. The van der Waals surface area contributed by atoms with E-state index in [0.29, 0.717) is 17.9 Å². The molecule has 2 rings (SSSR count). The predicted octanol–water partition coefficient (Wildman–Crippen LogP) is 3.19. The van der Waals surface area contributed by atoms with Crippen molar-refractivity contribution in [2.24, 2.45) is 11.8 Å². The highest BCUT2D eigenvalue weighted by molar-refractivity contribution is 5.79. The molecule has 3 nitrogen and oxygen atoms in total. The molecule has 1 amide bonds. The van der Waals surface area contributed by atoms with Crippen molar-refractivity contribution in [3.05, 3.63) is 0 Å². The maximum Gasteiger partial charge on any atom is 0.225 e. The maximum absolute atomic E-state index is 12.8. The van der Waals surface area contributed by atoms with Crippen LogP contribution in [0.25, 0.3) is 0 Å². The molecule has 1 aliphatic carbocycles. The average Bonchev–Trinajstić information content (AvgIpc) is 3.31. The second kappa shape index (κ2) is 8.02. The first kappa shape index (κ1) is 15.8.